The lowest BCUT2D eigenvalue weighted by Crippen LogP contribution is -2.04. The topological polar surface area (TPSA) is 55.1 Å². The van der Waals surface area contributed by atoms with Gasteiger partial charge >= 0.3 is 0 Å². The SMILES string of the molecule is CCCNc1cn2ccnc2c(Sc2ccncc2)n1. The standard InChI is InChI=1S/C14H15N5S/c1-2-5-16-12-10-19-9-8-17-13(19)14(18-12)20-11-3-6-15-7-4-11/h3-4,6-10,16H,2,5H2,1H3. The molecule has 0 aromatic carbocycles. The van der Waals surface area contributed by atoms with Crippen LogP contribution in [-0.2, 0) is 0 Å². The highest BCUT2D eigenvalue weighted by Crippen LogP contribution is 2.29. The van der Waals surface area contributed by atoms with Crippen LogP contribution in [0.3, 0.4) is 0 Å². The second-order valence-electron chi connectivity index (χ2n) is 4.30. The average molecular weight is 285 g/mol. The van der Waals surface area contributed by atoms with Gasteiger partial charge in [-0.1, -0.05) is 18.7 Å². The summed E-state index contributed by atoms with van der Waals surface area (Å²) in [6.45, 7) is 3.04. The zero-order valence-electron chi connectivity index (χ0n) is 11.2. The van der Waals surface area contributed by atoms with E-state index in [1.54, 1.807) is 30.4 Å². The van der Waals surface area contributed by atoms with E-state index >= 15 is 0 Å². The zero-order chi connectivity index (χ0) is 13.8. The summed E-state index contributed by atoms with van der Waals surface area (Å²) in [5.41, 5.74) is 0.869. The molecule has 3 aromatic rings. The molecule has 3 aromatic heterocycles. The third kappa shape index (κ3) is 2.75. The molecule has 0 bridgehead atoms. The number of pyridine rings is 1. The first kappa shape index (κ1) is 12.9. The van der Waals surface area contributed by atoms with Crippen LogP contribution in [0.15, 0.2) is 53.0 Å². The zero-order valence-corrected chi connectivity index (χ0v) is 12.0. The molecule has 0 unspecified atom stereocenters. The Labute approximate surface area is 121 Å². The van der Waals surface area contributed by atoms with E-state index < -0.39 is 0 Å². The summed E-state index contributed by atoms with van der Waals surface area (Å²) in [5, 5.41) is 4.21. The Kier molecular flexibility index (Phi) is 3.83. The summed E-state index contributed by atoms with van der Waals surface area (Å²) in [6, 6.07) is 3.94. The van der Waals surface area contributed by atoms with Crippen LogP contribution < -0.4 is 5.32 Å². The van der Waals surface area contributed by atoms with Crippen LogP contribution in [0.25, 0.3) is 5.65 Å². The Morgan fingerprint density at radius 2 is 2.10 bits per heavy atom. The minimum Gasteiger partial charge on any atom is -0.369 e. The first-order valence-corrected chi connectivity index (χ1v) is 7.34. The number of nitrogens with zero attached hydrogens (tertiary/aromatic N) is 4. The first-order chi connectivity index (χ1) is 9.86. The molecular formula is C14H15N5S. The molecule has 1 N–H and O–H groups in total. The lowest BCUT2D eigenvalue weighted by Gasteiger charge is -2.08. The molecule has 0 aliphatic carbocycles. The molecular weight excluding hydrogens is 270 g/mol. The molecule has 0 aliphatic heterocycles. The van der Waals surface area contributed by atoms with Crippen molar-refractivity contribution in [3.05, 3.63) is 43.1 Å². The average Bonchev–Trinajstić information content (AvgIpc) is 2.95. The van der Waals surface area contributed by atoms with E-state index in [1.165, 1.54) is 0 Å². The van der Waals surface area contributed by atoms with E-state index in [0.29, 0.717) is 0 Å². The second kappa shape index (κ2) is 5.92. The molecule has 3 heterocycles. The van der Waals surface area contributed by atoms with Crippen molar-refractivity contribution in [3.63, 3.8) is 0 Å². The number of rotatable bonds is 5. The normalized spacial score (nSPS) is 10.8. The maximum absolute atomic E-state index is 4.65. The minimum atomic E-state index is 0.869. The minimum absolute atomic E-state index is 0.869. The fourth-order valence-corrected chi connectivity index (χ4v) is 2.70. The lowest BCUT2D eigenvalue weighted by molar-refractivity contribution is 0.945. The van der Waals surface area contributed by atoms with Crippen molar-refractivity contribution in [2.24, 2.45) is 0 Å². The summed E-state index contributed by atoms with van der Waals surface area (Å²) < 4.78 is 1.99. The van der Waals surface area contributed by atoms with Crippen LogP contribution >= 0.6 is 11.8 Å². The molecule has 0 atom stereocenters. The lowest BCUT2D eigenvalue weighted by atomic mass is 10.5. The Balaban J connectivity index is 1.97. The molecule has 3 rings (SSSR count). The molecule has 0 spiro atoms. The van der Waals surface area contributed by atoms with Gasteiger partial charge in [-0.3, -0.25) is 4.98 Å². The highest BCUT2D eigenvalue weighted by Gasteiger charge is 2.09. The highest BCUT2D eigenvalue weighted by molar-refractivity contribution is 7.99. The van der Waals surface area contributed by atoms with E-state index in [0.717, 1.165) is 34.4 Å². The molecule has 20 heavy (non-hydrogen) atoms. The third-order valence-corrected chi connectivity index (χ3v) is 3.74. The van der Waals surface area contributed by atoms with Gasteiger partial charge < -0.3 is 9.72 Å². The van der Waals surface area contributed by atoms with Crippen LogP contribution in [-0.4, -0.2) is 25.9 Å². The number of aromatic nitrogens is 4. The maximum Gasteiger partial charge on any atom is 0.170 e. The van der Waals surface area contributed by atoms with E-state index in [1.807, 2.05) is 28.9 Å². The largest absolute Gasteiger partial charge is 0.369 e. The van der Waals surface area contributed by atoms with Crippen molar-refractivity contribution in [2.45, 2.75) is 23.3 Å². The van der Waals surface area contributed by atoms with Crippen LogP contribution in [0.4, 0.5) is 5.82 Å². The molecule has 5 nitrogen and oxygen atoms in total. The summed E-state index contributed by atoms with van der Waals surface area (Å²) >= 11 is 1.59. The van der Waals surface area contributed by atoms with E-state index in [4.69, 9.17) is 0 Å². The van der Waals surface area contributed by atoms with E-state index in [9.17, 15) is 0 Å². The van der Waals surface area contributed by atoms with E-state index in [-0.39, 0.29) is 0 Å². The predicted octanol–water partition coefficient (Wildman–Crippen LogP) is 3.10. The fourth-order valence-electron chi connectivity index (χ4n) is 1.83. The van der Waals surface area contributed by atoms with E-state index in [2.05, 4.69) is 27.2 Å². The van der Waals surface area contributed by atoms with Crippen LogP contribution in [0, 0.1) is 0 Å². The van der Waals surface area contributed by atoms with Crippen molar-refractivity contribution in [1.82, 2.24) is 19.4 Å². The molecule has 102 valence electrons. The van der Waals surface area contributed by atoms with Crippen molar-refractivity contribution < 1.29 is 0 Å². The Bertz CT molecular complexity index is 695. The molecule has 0 saturated carbocycles. The Morgan fingerprint density at radius 3 is 2.90 bits per heavy atom. The number of fused-ring (bicyclic) bond motifs is 1. The van der Waals surface area contributed by atoms with Gasteiger partial charge in [-0.05, 0) is 18.6 Å². The summed E-state index contributed by atoms with van der Waals surface area (Å²) in [4.78, 5) is 14.2. The van der Waals surface area contributed by atoms with Crippen LogP contribution in [0.1, 0.15) is 13.3 Å². The maximum atomic E-state index is 4.65. The summed E-state index contributed by atoms with van der Waals surface area (Å²) in [6.07, 6.45) is 10.3. The molecule has 0 radical (unpaired) electrons. The van der Waals surface area contributed by atoms with Gasteiger partial charge in [-0.15, -0.1) is 0 Å². The smallest absolute Gasteiger partial charge is 0.170 e. The monoisotopic (exact) mass is 285 g/mol. The predicted molar refractivity (Wildman–Crippen MR) is 80.1 cm³/mol. The van der Waals surface area contributed by atoms with Gasteiger partial charge in [-0.2, -0.15) is 0 Å². The highest BCUT2D eigenvalue weighted by atomic mass is 32.2. The van der Waals surface area contributed by atoms with Gasteiger partial charge in [0.15, 0.2) is 5.65 Å². The number of hydrogen-bond donors (Lipinski definition) is 1. The van der Waals surface area contributed by atoms with Gasteiger partial charge in [0.05, 0.1) is 6.20 Å². The fraction of sp³-hybridized carbons (Fsp3) is 0.214. The molecule has 0 saturated heterocycles. The molecule has 0 amide bonds. The van der Waals surface area contributed by atoms with Crippen molar-refractivity contribution in [3.8, 4) is 0 Å². The quantitative estimate of drug-likeness (QED) is 0.780. The molecule has 6 heteroatoms. The number of anilines is 1. The van der Waals surface area contributed by atoms with Crippen molar-refractivity contribution >= 4 is 23.2 Å². The van der Waals surface area contributed by atoms with Gasteiger partial charge in [0.1, 0.15) is 10.8 Å². The van der Waals surface area contributed by atoms with Crippen LogP contribution in [0.2, 0.25) is 0 Å². The first-order valence-electron chi connectivity index (χ1n) is 6.52. The Morgan fingerprint density at radius 1 is 1.25 bits per heavy atom. The van der Waals surface area contributed by atoms with Crippen molar-refractivity contribution in [2.75, 3.05) is 11.9 Å². The van der Waals surface area contributed by atoms with Gasteiger partial charge in [0.2, 0.25) is 0 Å². The number of hydrogen-bond acceptors (Lipinski definition) is 5. The summed E-state index contributed by atoms with van der Waals surface area (Å²) in [5.74, 6) is 0.869. The number of imidazole rings is 1. The Hall–Kier alpha value is -2.08. The third-order valence-electron chi connectivity index (χ3n) is 2.76. The molecule has 0 fully saturated rings. The van der Waals surface area contributed by atoms with Crippen molar-refractivity contribution in [1.29, 1.82) is 0 Å². The van der Waals surface area contributed by atoms with Gasteiger partial charge in [0, 0.05) is 36.2 Å². The van der Waals surface area contributed by atoms with Gasteiger partial charge in [0.25, 0.3) is 0 Å². The van der Waals surface area contributed by atoms with Gasteiger partial charge in [-0.25, -0.2) is 9.97 Å². The summed E-state index contributed by atoms with van der Waals surface area (Å²) in [7, 11) is 0. The van der Waals surface area contributed by atoms with Crippen LogP contribution in [0.5, 0.6) is 0 Å². The second-order valence-corrected chi connectivity index (χ2v) is 5.36. The molecule has 0 aliphatic rings. The number of nitrogens with one attached hydrogen (secondary N) is 1.